The quantitative estimate of drug-likeness (QED) is 0.299. The highest BCUT2D eigenvalue weighted by molar-refractivity contribution is 5.90. The number of nitrogens with one attached hydrogen (secondary N) is 1. The number of benzene rings is 1. The monoisotopic (exact) mass is 251 g/mol. The summed E-state index contributed by atoms with van der Waals surface area (Å²) < 4.78 is 4.81. The van der Waals surface area contributed by atoms with E-state index < -0.39 is 6.04 Å². The summed E-state index contributed by atoms with van der Waals surface area (Å²) in [6.45, 7) is 0.323. The Kier molecular flexibility index (Phi) is 5.66. The van der Waals surface area contributed by atoms with E-state index in [1.807, 2.05) is 18.2 Å². The molecule has 0 saturated heterocycles. The van der Waals surface area contributed by atoms with Crippen LogP contribution in [0.15, 0.2) is 35.5 Å². The lowest BCUT2D eigenvalue weighted by molar-refractivity contribution is -0.122. The average molecular weight is 251 g/mol. The van der Waals surface area contributed by atoms with E-state index in [4.69, 9.17) is 15.7 Å². The van der Waals surface area contributed by atoms with Gasteiger partial charge in [0.15, 0.2) is 5.84 Å². The summed E-state index contributed by atoms with van der Waals surface area (Å²) in [5.41, 5.74) is 6.33. The van der Waals surface area contributed by atoms with Crippen LogP contribution in [0.4, 0.5) is 0 Å². The summed E-state index contributed by atoms with van der Waals surface area (Å²) in [6, 6.07) is 8.42. The smallest absolute Gasteiger partial charge is 0.223 e. The standard InChI is InChI=1S/C12H17N3O3/c1-18-8-7-10(16)14-11(12(13)15-17)9-5-3-2-4-6-9/h2-6,11,17H,7-8H2,1H3,(H2,13,15)(H,14,16). The number of oxime groups is 1. The van der Waals surface area contributed by atoms with Crippen LogP contribution in [-0.4, -0.2) is 30.7 Å². The van der Waals surface area contributed by atoms with Gasteiger partial charge in [-0.1, -0.05) is 35.5 Å². The molecule has 1 atom stereocenters. The molecule has 0 aliphatic rings. The number of ether oxygens (including phenoxy) is 1. The molecule has 0 aliphatic heterocycles. The van der Waals surface area contributed by atoms with E-state index in [9.17, 15) is 4.79 Å². The van der Waals surface area contributed by atoms with Gasteiger partial charge in [0.2, 0.25) is 5.91 Å². The molecule has 1 amide bonds. The number of hydrogen-bond donors (Lipinski definition) is 3. The third-order valence-electron chi connectivity index (χ3n) is 2.38. The number of carbonyl (C=O) groups excluding carboxylic acids is 1. The maximum absolute atomic E-state index is 11.6. The Labute approximate surface area is 105 Å². The number of amides is 1. The number of amidine groups is 1. The minimum atomic E-state index is -0.638. The lowest BCUT2D eigenvalue weighted by atomic mass is 10.1. The molecule has 1 aromatic rings. The first-order valence-electron chi connectivity index (χ1n) is 5.49. The summed E-state index contributed by atoms with van der Waals surface area (Å²) in [5.74, 6) is -0.288. The number of carbonyl (C=O) groups is 1. The summed E-state index contributed by atoms with van der Waals surface area (Å²) in [4.78, 5) is 11.6. The van der Waals surface area contributed by atoms with Crippen LogP contribution in [0, 0.1) is 0 Å². The van der Waals surface area contributed by atoms with Crippen LogP contribution in [0.3, 0.4) is 0 Å². The van der Waals surface area contributed by atoms with Crippen molar-refractivity contribution in [3.05, 3.63) is 35.9 Å². The molecule has 0 bridgehead atoms. The first-order chi connectivity index (χ1) is 8.69. The Morgan fingerprint density at radius 1 is 1.50 bits per heavy atom. The van der Waals surface area contributed by atoms with Gasteiger partial charge in [0.1, 0.15) is 6.04 Å². The number of rotatable bonds is 6. The summed E-state index contributed by atoms with van der Waals surface area (Å²) >= 11 is 0. The van der Waals surface area contributed by atoms with Crippen molar-refractivity contribution in [2.75, 3.05) is 13.7 Å². The van der Waals surface area contributed by atoms with Gasteiger partial charge in [-0.05, 0) is 5.56 Å². The first kappa shape index (κ1) is 14.0. The van der Waals surface area contributed by atoms with E-state index in [0.29, 0.717) is 6.61 Å². The van der Waals surface area contributed by atoms with Gasteiger partial charge in [0.05, 0.1) is 6.61 Å². The van der Waals surface area contributed by atoms with Gasteiger partial charge >= 0.3 is 0 Å². The van der Waals surface area contributed by atoms with Crippen LogP contribution in [0.2, 0.25) is 0 Å². The highest BCUT2D eigenvalue weighted by Gasteiger charge is 2.18. The maximum Gasteiger partial charge on any atom is 0.223 e. The lowest BCUT2D eigenvalue weighted by Gasteiger charge is -2.17. The second kappa shape index (κ2) is 7.29. The zero-order chi connectivity index (χ0) is 13.4. The van der Waals surface area contributed by atoms with Gasteiger partial charge in [0.25, 0.3) is 0 Å². The molecule has 18 heavy (non-hydrogen) atoms. The molecule has 6 nitrogen and oxygen atoms in total. The molecule has 0 heterocycles. The van der Waals surface area contributed by atoms with Crippen LogP contribution in [0.25, 0.3) is 0 Å². The van der Waals surface area contributed by atoms with Gasteiger partial charge < -0.3 is 21.0 Å². The van der Waals surface area contributed by atoms with Gasteiger partial charge in [-0.3, -0.25) is 4.79 Å². The van der Waals surface area contributed by atoms with Gasteiger partial charge in [-0.2, -0.15) is 0 Å². The van der Waals surface area contributed by atoms with E-state index in [2.05, 4.69) is 10.5 Å². The molecule has 1 rings (SSSR count). The number of nitrogens with zero attached hydrogens (tertiary/aromatic N) is 1. The SMILES string of the molecule is COCCC(=O)NC(C(N)=NO)c1ccccc1. The largest absolute Gasteiger partial charge is 0.409 e. The zero-order valence-electron chi connectivity index (χ0n) is 10.2. The Morgan fingerprint density at radius 3 is 2.72 bits per heavy atom. The van der Waals surface area contributed by atoms with Crippen LogP contribution in [0.1, 0.15) is 18.0 Å². The van der Waals surface area contributed by atoms with E-state index in [0.717, 1.165) is 5.56 Å². The normalized spacial score (nSPS) is 13.1. The number of methoxy groups -OCH3 is 1. The van der Waals surface area contributed by atoms with E-state index >= 15 is 0 Å². The van der Waals surface area contributed by atoms with Crippen LogP contribution in [-0.2, 0) is 9.53 Å². The molecule has 0 fully saturated rings. The highest BCUT2D eigenvalue weighted by atomic mass is 16.5. The average Bonchev–Trinajstić information content (AvgIpc) is 2.42. The zero-order valence-corrected chi connectivity index (χ0v) is 10.2. The van der Waals surface area contributed by atoms with Crippen LogP contribution in [0.5, 0.6) is 0 Å². The Hall–Kier alpha value is -2.08. The van der Waals surface area contributed by atoms with Crippen molar-refractivity contribution in [1.82, 2.24) is 5.32 Å². The summed E-state index contributed by atoms with van der Waals surface area (Å²) in [7, 11) is 1.52. The first-order valence-corrected chi connectivity index (χ1v) is 5.49. The van der Waals surface area contributed by atoms with Crippen molar-refractivity contribution in [1.29, 1.82) is 0 Å². The van der Waals surface area contributed by atoms with Crippen molar-refractivity contribution in [2.24, 2.45) is 10.9 Å². The second-order valence-electron chi connectivity index (χ2n) is 3.68. The lowest BCUT2D eigenvalue weighted by Crippen LogP contribution is -2.38. The van der Waals surface area contributed by atoms with Gasteiger partial charge in [-0.15, -0.1) is 0 Å². The maximum atomic E-state index is 11.6. The van der Waals surface area contributed by atoms with Crippen molar-refractivity contribution in [3.8, 4) is 0 Å². The molecule has 1 unspecified atom stereocenters. The van der Waals surface area contributed by atoms with E-state index in [1.165, 1.54) is 7.11 Å². The fraction of sp³-hybridized carbons (Fsp3) is 0.333. The minimum Gasteiger partial charge on any atom is -0.409 e. The number of hydrogen-bond acceptors (Lipinski definition) is 4. The second-order valence-corrected chi connectivity index (χ2v) is 3.68. The number of nitrogens with two attached hydrogens (primary N) is 1. The molecule has 4 N–H and O–H groups in total. The predicted molar refractivity (Wildman–Crippen MR) is 67.2 cm³/mol. The molecule has 6 heteroatoms. The molecule has 0 saturated carbocycles. The molecule has 0 aromatic heterocycles. The fourth-order valence-corrected chi connectivity index (χ4v) is 1.46. The summed E-state index contributed by atoms with van der Waals surface area (Å²) in [5, 5.41) is 14.4. The molecule has 0 radical (unpaired) electrons. The fourth-order valence-electron chi connectivity index (χ4n) is 1.46. The van der Waals surface area contributed by atoms with Crippen LogP contribution < -0.4 is 11.1 Å². The van der Waals surface area contributed by atoms with Crippen molar-refractivity contribution >= 4 is 11.7 Å². The topological polar surface area (TPSA) is 96.9 Å². The van der Waals surface area contributed by atoms with Crippen molar-refractivity contribution in [3.63, 3.8) is 0 Å². The molecular weight excluding hydrogens is 234 g/mol. The highest BCUT2D eigenvalue weighted by Crippen LogP contribution is 2.12. The predicted octanol–water partition coefficient (Wildman–Crippen LogP) is 0.627. The molecule has 0 spiro atoms. The van der Waals surface area contributed by atoms with E-state index in [1.54, 1.807) is 12.1 Å². The Bertz CT molecular complexity index is 406. The van der Waals surface area contributed by atoms with Crippen molar-refractivity contribution < 1.29 is 14.7 Å². The minimum absolute atomic E-state index is 0.0630. The molecular formula is C12H17N3O3. The molecule has 0 aliphatic carbocycles. The van der Waals surface area contributed by atoms with Crippen LogP contribution >= 0.6 is 0 Å². The Balaban J connectivity index is 2.78. The van der Waals surface area contributed by atoms with Gasteiger partial charge in [-0.25, -0.2) is 0 Å². The molecule has 1 aromatic carbocycles. The third-order valence-corrected chi connectivity index (χ3v) is 2.38. The van der Waals surface area contributed by atoms with Crippen molar-refractivity contribution in [2.45, 2.75) is 12.5 Å². The van der Waals surface area contributed by atoms with E-state index in [-0.39, 0.29) is 18.2 Å². The molecule has 98 valence electrons. The van der Waals surface area contributed by atoms with Gasteiger partial charge in [0, 0.05) is 13.5 Å². The summed E-state index contributed by atoms with van der Waals surface area (Å²) in [6.07, 6.45) is 0.221. The third kappa shape index (κ3) is 4.06. The Morgan fingerprint density at radius 2 is 2.17 bits per heavy atom.